The third-order valence-electron chi connectivity index (χ3n) is 2.86. The lowest BCUT2D eigenvalue weighted by atomic mass is 10.1. The first-order valence-electron chi connectivity index (χ1n) is 5.72. The van der Waals surface area contributed by atoms with E-state index >= 15 is 0 Å². The van der Waals surface area contributed by atoms with Gasteiger partial charge in [-0.3, -0.25) is 0 Å². The lowest BCUT2D eigenvalue weighted by Gasteiger charge is -1.96. The van der Waals surface area contributed by atoms with E-state index in [1.165, 1.54) is 0 Å². The highest BCUT2D eigenvalue weighted by molar-refractivity contribution is 7.22. The van der Waals surface area contributed by atoms with Gasteiger partial charge in [0, 0.05) is 0 Å². The number of fused-ring (bicyclic) bond motifs is 3. The van der Waals surface area contributed by atoms with Crippen LogP contribution in [0.5, 0.6) is 0 Å². The van der Waals surface area contributed by atoms with Crippen LogP contribution in [0, 0.1) is 29.6 Å². The molecular formula is C13H8N4S2. The van der Waals surface area contributed by atoms with Gasteiger partial charge in [0.25, 0.3) is 0 Å². The molecular weight excluding hydrogens is 276 g/mol. The zero-order chi connectivity index (χ0) is 13.6. The number of aromatic nitrogens is 2. The summed E-state index contributed by atoms with van der Waals surface area (Å²) in [4.78, 5) is 11.1. The highest BCUT2D eigenvalue weighted by Crippen LogP contribution is 2.50. The molecule has 0 atom stereocenters. The average molecular weight is 284 g/mol. The van der Waals surface area contributed by atoms with Crippen LogP contribution in [0.15, 0.2) is 5.57 Å². The Kier molecular flexibility index (Phi) is 2.70. The Bertz CT molecular complexity index is 780. The molecule has 1 aliphatic rings. The fourth-order valence-electron chi connectivity index (χ4n) is 2.08. The van der Waals surface area contributed by atoms with Gasteiger partial charge in [0.1, 0.15) is 17.7 Å². The van der Waals surface area contributed by atoms with E-state index in [0.717, 1.165) is 37.6 Å². The molecule has 0 N–H and O–H groups in total. The van der Waals surface area contributed by atoms with Crippen molar-refractivity contribution in [2.75, 3.05) is 0 Å². The molecule has 2 aromatic rings. The summed E-state index contributed by atoms with van der Waals surface area (Å²) >= 11 is 3.22. The Labute approximate surface area is 118 Å². The van der Waals surface area contributed by atoms with E-state index < -0.39 is 0 Å². The quantitative estimate of drug-likeness (QED) is 0.643. The smallest absolute Gasteiger partial charge is 0.141 e. The van der Waals surface area contributed by atoms with Crippen molar-refractivity contribution in [1.29, 1.82) is 10.5 Å². The Morgan fingerprint density at radius 1 is 1.11 bits per heavy atom. The standard InChI is InChI=1S/C13H8N4S2/c1-3-8-17-11-9(7(4-14)5-15)10-12(13(11)19-8)18-6(2)16-10/h3H2,1-2H3. The molecule has 4 nitrogen and oxygen atoms in total. The zero-order valence-corrected chi connectivity index (χ0v) is 11.9. The van der Waals surface area contributed by atoms with Crippen LogP contribution >= 0.6 is 22.7 Å². The van der Waals surface area contributed by atoms with Gasteiger partial charge in [-0.25, -0.2) is 9.97 Å². The van der Waals surface area contributed by atoms with Crippen LogP contribution in [-0.2, 0) is 6.42 Å². The first kappa shape index (κ1) is 12.0. The first-order valence-corrected chi connectivity index (χ1v) is 7.35. The van der Waals surface area contributed by atoms with E-state index in [0.29, 0.717) is 5.57 Å². The average Bonchev–Trinajstić information content (AvgIpc) is 3.03. The second-order valence-corrected chi connectivity index (χ2v) is 6.31. The SMILES string of the molecule is CCc1nc2c(s1)-c1sc(C)nc1C2=C(C#N)C#N. The van der Waals surface area contributed by atoms with Crippen LogP contribution in [0.25, 0.3) is 15.3 Å². The summed E-state index contributed by atoms with van der Waals surface area (Å²) in [6, 6.07) is 3.92. The van der Waals surface area contributed by atoms with Crippen molar-refractivity contribution in [2.45, 2.75) is 20.3 Å². The molecule has 0 fully saturated rings. The van der Waals surface area contributed by atoms with Gasteiger partial charge < -0.3 is 0 Å². The predicted octanol–water partition coefficient (Wildman–Crippen LogP) is 3.30. The molecule has 0 unspecified atom stereocenters. The maximum absolute atomic E-state index is 9.13. The van der Waals surface area contributed by atoms with E-state index in [2.05, 4.69) is 9.97 Å². The van der Waals surface area contributed by atoms with Gasteiger partial charge in [-0.2, -0.15) is 10.5 Å². The van der Waals surface area contributed by atoms with E-state index in [4.69, 9.17) is 10.5 Å². The van der Waals surface area contributed by atoms with Gasteiger partial charge in [0.15, 0.2) is 0 Å². The topological polar surface area (TPSA) is 73.4 Å². The lowest BCUT2D eigenvalue weighted by molar-refractivity contribution is 1.08. The molecule has 92 valence electrons. The molecule has 0 bridgehead atoms. The first-order chi connectivity index (χ1) is 9.19. The minimum absolute atomic E-state index is 0.0956. The van der Waals surface area contributed by atoms with Gasteiger partial charge in [0.2, 0.25) is 0 Å². The fraction of sp³-hybridized carbons (Fsp3) is 0.231. The van der Waals surface area contributed by atoms with Crippen LogP contribution in [0.4, 0.5) is 0 Å². The molecule has 0 spiro atoms. The summed E-state index contributed by atoms with van der Waals surface area (Å²) in [5.74, 6) is 0. The van der Waals surface area contributed by atoms with Crippen molar-refractivity contribution >= 4 is 28.2 Å². The van der Waals surface area contributed by atoms with Gasteiger partial charge >= 0.3 is 0 Å². The number of hydrogen-bond donors (Lipinski definition) is 0. The number of nitriles is 2. The molecule has 0 amide bonds. The van der Waals surface area contributed by atoms with E-state index in [9.17, 15) is 0 Å². The maximum Gasteiger partial charge on any atom is 0.141 e. The van der Waals surface area contributed by atoms with E-state index in [1.54, 1.807) is 22.7 Å². The van der Waals surface area contributed by atoms with Gasteiger partial charge in [-0.05, 0) is 13.3 Å². The molecule has 0 saturated carbocycles. The number of aryl methyl sites for hydroxylation is 2. The minimum Gasteiger partial charge on any atom is -0.241 e. The lowest BCUT2D eigenvalue weighted by Crippen LogP contribution is -1.91. The molecule has 0 aliphatic heterocycles. The number of rotatable bonds is 1. The molecule has 2 heterocycles. The summed E-state index contributed by atoms with van der Waals surface area (Å²) < 4.78 is 0. The van der Waals surface area contributed by atoms with Crippen LogP contribution in [0.2, 0.25) is 0 Å². The fourth-order valence-corrected chi connectivity index (χ4v) is 4.14. The van der Waals surface area contributed by atoms with Crippen molar-refractivity contribution in [3.05, 3.63) is 27.0 Å². The summed E-state index contributed by atoms with van der Waals surface area (Å²) in [6.07, 6.45) is 0.854. The van der Waals surface area contributed by atoms with Gasteiger partial charge in [-0.1, -0.05) is 6.92 Å². The molecule has 3 rings (SSSR count). The highest BCUT2D eigenvalue weighted by atomic mass is 32.1. The van der Waals surface area contributed by atoms with E-state index in [1.807, 2.05) is 26.0 Å². The van der Waals surface area contributed by atoms with Crippen LogP contribution in [0.1, 0.15) is 28.3 Å². The number of nitrogens with zero attached hydrogens (tertiary/aromatic N) is 4. The van der Waals surface area contributed by atoms with E-state index in [-0.39, 0.29) is 5.57 Å². The molecule has 0 radical (unpaired) electrons. The third kappa shape index (κ3) is 1.61. The Balaban J connectivity index is 2.39. The minimum atomic E-state index is 0.0956. The molecule has 0 saturated heterocycles. The number of hydrogen-bond acceptors (Lipinski definition) is 6. The molecule has 6 heteroatoms. The van der Waals surface area contributed by atoms with Crippen LogP contribution < -0.4 is 0 Å². The van der Waals surface area contributed by atoms with Crippen molar-refractivity contribution in [3.63, 3.8) is 0 Å². The van der Waals surface area contributed by atoms with Gasteiger partial charge in [0.05, 0.1) is 36.7 Å². The normalized spacial score (nSPS) is 11.7. The highest BCUT2D eigenvalue weighted by Gasteiger charge is 2.33. The molecule has 1 aliphatic carbocycles. The Hall–Kier alpha value is -2.02. The Morgan fingerprint density at radius 3 is 2.37 bits per heavy atom. The summed E-state index contributed by atoms with van der Waals surface area (Å²) in [6.45, 7) is 3.98. The van der Waals surface area contributed by atoms with Crippen LogP contribution in [-0.4, -0.2) is 9.97 Å². The summed E-state index contributed by atoms with van der Waals surface area (Å²) in [5, 5.41) is 20.2. The summed E-state index contributed by atoms with van der Waals surface area (Å²) in [7, 11) is 0. The summed E-state index contributed by atoms with van der Waals surface area (Å²) in [5.41, 5.74) is 2.21. The molecule has 0 aromatic carbocycles. The molecule has 19 heavy (non-hydrogen) atoms. The van der Waals surface area contributed by atoms with Crippen LogP contribution in [0.3, 0.4) is 0 Å². The van der Waals surface area contributed by atoms with Crippen molar-refractivity contribution in [3.8, 4) is 21.9 Å². The second-order valence-electron chi connectivity index (χ2n) is 4.02. The zero-order valence-electron chi connectivity index (χ0n) is 10.3. The Morgan fingerprint density at radius 2 is 1.74 bits per heavy atom. The van der Waals surface area contributed by atoms with Crippen molar-refractivity contribution in [1.82, 2.24) is 9.97 Å². The van der Waals surface area contributed by atoms with Gasteiger partial charge in [-0.15, -0.1) is 22.7 Å². The predicted molar refractivity (Wildman–Crippen MR) is 74.6 cm³/mol. The van der Waals surface area contributed by atoms with Crippen molar-refractivity contribution in [2.24, 2.45) is 0 Å². The van der Waals surface area contributed by atoms with Crippen molar-refractivity contribution < 1.29 is 0 Å². The largest absolute Gasteiger partial charge is 0.241 e. The maximum atomic E-state index is 9.13. The molecule has 2 aromatic heterocycles. The number of allylic oxidation sites excluding steroid dienone is 1. The monoisotopic (exact) mass is 284 g/mol. The second kappa shape index (κ2) is 4.27. The number of thiazole rings is 2. The third-order valence-corrected chi connectivity index (χ3v) is 5.20.